The molecule has 0 aromatic heterocycles. The average Bonchev–Trinajstić information content (AvgIpc) is 3.04. The molecule has 1 N–H and O–H groups in total. The molecule has 0 radical (unpaired) electrons. The molecular formula is C19H34N2. The summed E-state index contributed by atoms with van der Waals surface area (Å²) in [5.41, 5.74) is 2.22. The maximum atomic E-state index is 3.26. The van der Waals surface area contributed by atoms with Crippen molar-refractivity contribution in [3.63, 3.8) is 0 Å². The lowest BCUT2D eigenvalue weighted by molar-refractivity contribution is 0.107. The van der Waals surface area contributed by atoms with E-state index >= 15 is 0 Å². The zero-order valence-corrected chi connectivity index (χ0v) is 14.3. The summed E-state index contributed by atoms with van der Waals surface area (Å²) in [4.78, 5) is 2.68. The van der Waals surface area contributed by atoms with Crippen LogP contribution in [-0.2, 0) is 0 Å². The van der Waals surface area contributed by atoms with E-state index in [1.807, 2.05) is 7.05 Å². The van der Waals surface area contributed by atoms with Gasteiger partial charge in [-0.25, -0.2) is 0 Å². The molecule has 1 saturated heterocycles. The predicted octanol–water partition coefficient (Wildman–Crippen LogP) is 4.00. The Kier molecular flexibility index (Phi) is 6.50. The van der Waals surface area contributed by atoms with Crippen LogP contribution >= 0.6 is 0 Å². The number of piperidine rings is 1. The van der Waals surface area contributed by atoms with E-state index < -0.39 is 0 Å². The molecule has 2 rings (SSSR count). The molecule has 1 aliphatic carbocycles. The van der Waals surface area contributed by atoms with Crippen molar-refractivity contribution >= 4 is 0 Å². The number of likely N-dealkylation sites (tertiary alicyclic amines) is 1. The average molecular weight is 290 g/mol. The maximum absolute atomic E-state index is 3.26. The molecule has 2 nitrogen and oxygen atoms in total. The molecule has 1 atom stereocenters. The first-order valence-corrected chi connectivity index (χ1v) is 8.93. The summed E-state index contributed by atoms with van der Waals surface area (Å²) in [6.45, 7) is 9.76. The Morgan fingerprint density at radius 3 is 2.67 bits per heavy atom. The molecule has 1 heterocycles. The molecule has 2 heteroatoms. The van der Waals surface area contributed by atoms with Crippen LogP contribution in [0.1, 0.15) is 52.4 Å². The Morgan fingerprint density at radius 2 is 2.10 bits per heavy atom. The van der Waals surface area contributed by atoms with Crippen molar-refractivity contribution in [2.75, 3.05) is 33.2 Å². The smallest absolute Gasteiger partial charge is 0.000663 e. The van der Waals surface area contributed by atoms with Crippen LogP contribution in [0, 0.1) is 11.3 Å². The highest BCUT2D eigenvalue weighted by Gasteiger charge is 2.38. The van der Waals surface area contributed by atoms with E-state index in [9.17, 15) is 0 Å². The lowest BCUT2D eigenvalue weighted by Crippen LogP contribution is -2.42. The largest absolute Gasteiger partial charge is 0.320 e. The quantitative estimate of drug-likeness (QED) is 0.680. The van der Waals surface area contributed by atoms with Crippen LogP contribution in [0.15, 0.2) is 23.8 Å². The van der Waals surface area contributed by atoms with Crippen LogP contribution in [0.2, 0.25) is 0 Å². The Balaban J connectivity index is 1.93. The third-order valence-corrected chi connectivity index (χ3v) is 5.60. The van der Waals surface area contributed by atoms with E-state index in [-0.39, 0.29) is 0 Å². The standard InChI is InChI=1S/C19H34N2/c1-4-17(2)16-19(18-8-5-6-9-18)10-14-21(15-11-19)13-7-12-20-3/h5-6,8,17,20H,4,7,9-16H2,1-3H3. The molecule has 0 amide bonds. The van der Waals surface area contributed by atoms with Gasteiger partial charge in [0, 0.05) is 0 Å². The first-order valence-electron chi connectivity index (χ1n) is 8.93. The second-order valence-electron chi connectivity index (χ2n) is 7.12. The Hall–Kier alpha value is -0.600. The molecule has 0 aromatic carbocycles. The lowest BCUT2D eigenvalue weighted by Gasteiger charge is -2.44. The minimum Gasteiger partial charge on any atom is -0.320 e. The SMILES string of the molecule is CCC(C)CC1(C2=CC=CC2)CCN(CCCNC)CC1. The van der Waals surface area contributed by atoms with Gasteiger partial charge in [0.25, 0.3) is 0 Å². The van der Waals surface area contributed by atoms with E-state index in [2.05, 4.69) is 42.3 Å². The minimum absolute atomic E-state index is 0.498. The first-order chi connectivity index (χ1) is 10.2. The number of allylic oxidation sites excluding steroid dienone is 4. The number of nitrogens with zero attached hydrogens (tertiary/aromatic N) is 1. The second kappa shape index (κ2) is 8.14. The molecule has 0 saturated carbocycles. The molecule has 1 aliphatic heterocycles. The molecule has 0 spiro atoms. The fourth-order valence-electron chi connectivity index (χ4n) is 3.99. The monoisotopic (exact) mass is 290 g/mol. The number of nitrogens with one attached hydrogen (secondary N) is 1. The van der Waals surface area contributed by atoms with Crippen molar-refractivity contribution in [1.82, 2.24) is 10.2 Å². The van der Waals surface area contributed by atoms with Crippen LogP contribution < -0.4 is 5.32 Å². The summed E-state index contributed by atoms with van der Waals surface area (Å²) in [7, 11) is 2.05. The summed E-state index contributed by atoms with van der Waals surface area (Å²) in [6.07, 6.45) is 14.9. The van der Waals surface area contributed by atoms with Crippen molar-refractivity contribution in [3.05, 3.63) is 23.8 Å². The molecule has 120 valence electrons. The van der Waals surface area contributed by atoms with Crippen molar-refractivity contribution in [2.45, 2.75) is 52.4 Å². The fourth-order valence-corrected chi connectivity index (χ4v) is 3.99. The van der Waals surface area contributed by atoms with Crippen molar-refractivity contribution in [1.29, 1.82) is 0 Å². The van der Waals surface area contributed by atoms with Gasteiger partial charge in [0.1, 0.15) is 0 Å². The summed E-state index contributed by atoms with van der Waals surface area (Å²) in [6, 6.07) is 0. The summed E-state index contributed by atoms with van der Waals surface area (Å²) in [5, 5.41) is 3.26. The third-order valence-electron chi connectivity index (χ3n) is 5.60. The first kappa shape index (κ1) is 16.8. The Labute approximate surface area is 131 Å². The molecule has 0 aromatic rings. The van der Waals surface area contributed by atoms with Gasteiger partial charge in [-0.3, -0.25) is 0 Å². The van der Waals surface area contributed by atoms with Gasteiger partial charge in [-0.05, 0) is 76.7 Å². The number of rotatable bonds is 8. The Morgan fingerprint density at radius 1 is 1.33 bits per heavy atom. The molecule has 2 aliphatic rings. The van der Waals surface area contributed by atoms with Crippen LogP contribution in [-0.4, -0.2) is 38.1 Å². The second-order valence-corrected chi connectivity index (χ2v) is 7.12. The van der Waals surface area contributed by atoms with Gasteiger partial charge in [-0.1, -0.05) is 44.1 Å². The van der Waals surface area contributed by atoms with Gasteiger partial charge < -0.3 is 10.2 Å². The highest BCUT2D eigenvalue weighted by Crippen LogP contribution is 2.47. The van der Waals surface area contributed by atoms with Gasteiger partial charge in [0.05, 0.1) is 0 Å². The third kappa shape index (κ3) is 4.43. The summed E-state index contributed by atoms with van der Waals surface area (Å²) < 4.78 is 0. The van der Waals surface area contributed by atoms with E-state index in [1.54, 1.807) is 5.57 Å². The predicted molar refractivity (Wildman–Crippen MR) is 92.6 cm³/mol. The molecular weight excluding hydrogens is 256 g/mol. The normalized spacial score (nSPS) is 23.3. The van der Waals surface area contributed by atoms with E-state index in [1.165, 1.54) is 58.2 Å². The number of hydrogen-bond acceptors (Lipinski definition) is 2. The van der Waals surface area contributed by atoms with Crippen molar-refractivity contribution < 1.29 is 0 Å². The Bertz CT molecular complexity index is 362. The van der Waals surface area contributed by atoms with Gasteiger partial charge in [-0.15, -0.1) is 0 Å². The highest BCUT2D eigenvalue weighted by atomic mass is 15.1. The van der Waals surface area contributed by atoms with Crippen LogP contribution in [0.5, 0.6) is 0 Å². The lowest BCUT2D eigenvalue weighted by atomic mass is 9.66. The highest BCUT2D eigenvalue weighted by molar-refractivity contribution is 5.29. The maximum Gasteiger partial charge on any atom is -0.000663 e. The fraction of sp³-hybridized carbons (Fsp3) is 0.789. The van der Waals surface area contributed by atoms with Gasteiger partial charge in [-0.2, -0.15) is 0 Å². The van der Waals surface area contributed by atoms with E-state index in [0.717, 1.165) is 12.5 Å². The summed E-state index contributed by atoms with van der Waals surface area (Å²) in [5.74, 6) is 0.849. The zero-order chi connectivity index (χ0) is 15.1. The topological polar surface area (TPSA) is 15.3 Å². The van der Waals surface area contributed by atoms with Gasteiger partial charge >= 0.3 is 0 Å². The van der Waals surface area contributed by atoms with Crippen LogP contribution in [0.25, 0.3) is 0 Å². The van der Waals surface area contributed by atoms with Crippen LogP contribution in [0.3, 0.4) is 0 Å². The van der Waals surface area contributed by atoms with Crippen molar-refractivity contribution in [3.8, 4) is 0 Å². The van der Waals surface area contributed by atoms with Crippen molar-refractivity contribution in [2.24, 2.45) is 11.3 Å². The van der Waals surface area contributed by atoms with Gasteiger partial charge in [0.15, 0.2) is 0 Å². The number of hydrogen-bond donors (Lipinski definition) is 1. The van der Waals surface area contributed by atoms with E-state index in [4.69, 9.17) is 0 Å². The van der Waals surface area contributed by atoms with Crippen LogP contribution in [0.4, 0.5) is 0 Å². The van der Waals surface area contributed by atoms with Gasteiger partial charge in [0.2, 0.25) is 0 Å². The molecule has 1 unspecified atom stereocenters. The molecule has 1 fully saturated rings. The zero-order valence-electron chi connectivity index (χ0n) is 14.3. The molecule has 21 heavy (non-hydrogen) atoms. The molecule has 0 bridgehead atoms. The minimum atomic E-state index is 0.498. The van der Waals surface area contributed by atoms with E-state index in [0.29, 0.717) is 5.41 Å². The summed E-state index contributed by atoms with van der Waals surface area (Å²) >= 11 is 0.